The van der Waals surface area contributed by atoms with Crippen LogP contribution in [-0.4, -0.2) is 74.6 Å². The minimum absolute atomic E-state index is 0.0331. The maximum Gasteiger partial charge on any atom is 0.196 e. The van der Waals surface area contributed by atoms with Crippen molar-refractivity contribution in [1.82, 2.24) is 0 Å². The van der Waals surface area contributed by atoms with E-state index in [0.717, 1.165) is 25.7 Å². The molecule has 4 aliphatic carbocycles. The van der Waals surface area contributed by atoms with Gasteiger partial charge in [-0.25, -0.2) is 0 Å². The number of fused-ring (bicyclic) bond motifs is 7. The highest BCUT2D eigenvalue weighted by molar-refractivity contribution is 5.17. The second-order valence-electron chi connectivity index (χ2n) is 15.1. The van der Waals surface area contributed by atoms with Gasteiger partial charge in [0.1, 0.15) is 12.2 Å². The van der Waals surface area contributed by atoms with Gasteiger partial charge in [0.05, 0.1) is 24.4 Å². The molecule has 16 atom stereocenters. The third-order valence-corrected chi connectivity index (χ3v) is 13.2. The first-order valence-corrected chi connectivity index (χ1v) is 16.4. The lowest BCUT2D eigenvalue weighted by Crippen LogP contribution is -2.55. The first-order chi connectivity index (χ1) is 19.3. The van der Waals surface area contributed by atoms with Crippen LogP contribution in [0.4, 0.5) is 0 Å². The van der Waals surface area contributed by atoms with Crippen LogP contribution in [-0.2, 0) is 9.47 Å². The van der Waals surface area contributed by atoms with Crippen LogP contribution in [0.25, 0.3) is 0 Å². The quantitative estimate of drug-likeness (QED) is 0.275. The van der Waals surface area contributed by atoms with Gasteiger partial charge < -0.3 is 35.0 Å². The fraction of sp³-hybridized carbons (Fsp3) is 0.912. The van der Waals surface area contributed by atoms with E-state index in [-0.39, 0.29) is 35.6 Å². The summed E-state index contributed by atoms with van der Waals surface area (Å²) in [6, 6.07) is 0. The minimum Gasteiger partial charge on any atom is -0.396 e. The van der Waals surface area contributed by atoms with Crippen molar-refractivity contribution in [2.75, 3.05) is 6.61 Å². The Hall–Kier alpha value is -0.760. The summed E-state index contributed by atoms with van der Waals surface area (Å²) in [6.07, 6.45) is 8.23. The first-order valence-electron chi connectivity index (χ1n) is 16.4. The second-order valence-corrected chi connectivity index (χ2v) is 15.1. The molecule has 0 bridgehead atoms. The molecule has 0 aromatic heterocycles. The number of ether oxygens (including phenoxy) is 2. The van der Waals surface area contributed by atoms with Crippen LogP contribution in [0.1, 0.15) is 92.9 Å². The van der Waals surface area contributed by atoms with Gasteiger partial charge in [-0.2, -0.15) is 0 Å². The Balaban J connectivity index is 1.23. The Morgan fingerprint density at radius 1 is 0.951 bits per heavy atom. The number of rotatable bonds is 8. The minimum atomic E-state index is -1.36. The molecule has 0 aromatic carbocycles. The molecule has 5 N–H and O–H groups in total. The molecule has 234 valence electrons. The highest BCUT2D eigenvalue weighted by atomic mass is 16.6. The third kappa shape index (κ3) is 5.21. The summed E-state index contributed by atoms with van der Waals surface area (Å²) >= 11 is 0. The van der Waals surface area contributed by atoms with Crippen molar-refractivity contribution in [2.45, 2.75) is 135 Å². The largest absolute Gasteiger partial charge is 0.396 e. The predicted molar refractivity (Wildman–Crippen MR) is 157 cm³/mol. The van der Waals surface area contributed by atoms with E-state index >= 15 is 0 Å². The highest BCUT2D eigenvalue weighted by Gasteiger charge is 2.68. The molecule has 1 heterocycles. The molecule has 0 radical (unpaired) electrons. The molecule has 1 aliphatic heterocycles. The Morgan fingerprint density at radius 2 is 1.66 bits per heavy atom. The summed E-state index contributed by atoms with van der Waals surface area (Å²) in [5, 5.41) is 52.1. The lowest BCUT2D eigenvalue weighted by molar-refractivity contribution is -0.186. The van der Waals surface area contributed by atoms with E-state index in [1.54, 1.807) is 19.9 Å². The topological polar surface area (TPSA) is 120 Å². The van der Waals surface area contributed by atoms with E-state index < -0.39 is 36.1 Å². The van der Waals surface area contributed by atoms with Gasteiger partial charge in [0, 0.05) is 24.5 Å². The van der Waals surface area contributed by atoms with Gasteiger partial charge in [-0.3, -0.25) is 0 Å². The van der Waals surface area contributed by atoms with Gasteiger partial charge in [0.2, 0.25) is 0 Å². The van der Waals surface area contributed by atoms with Crippen molar-refractivity contribution >= 4 is 0 Å². The molecule has 5 aliphatic rings. The van der Waals surface area contributed by atoms with Crippen molar-refractivity contribution in [2.24, 2.45) is 52.3 Å². The van der Waals surface area contributed by atoms with Crippen molar-refractivity contribution in [3.8, 4) is 0 Å². The summed E-state index contributed by atoms with van der Waals surface area (Å²) in [7, 11) is 0. The van der Waals surface area contributed by atoms with Crippen LogP contribution >= 0.6 is 0 Å². The van der Waals surface area contributed by atoms with Crippen LogP contribution in [0, 0.1) is 52.3 Å². The molecular formula is C34H56O7. The van der Waals surface area contributed by atoms with Gasteiger partial charge >= 0.3 is 0 Å². The maximum absolute atomic E-state index is 11.3. The molecule has 0 aromatic rings. The summed E-state index contributed by atoms with van der Waals surface area (Å²) < 4.78 is 12.7. The van der Waals surface area contributed by atoms with Crippen LogP contribution in [0.5, 0.6) is 0 Å². The van der Waals surface area contributed by atoms with Gasteiger partial charge in [-0.05, 0) is 112 Å². The molecule has 5 rings (SSSR count). The maximum atomic E-state index is 11.3. The number of hydrogen-bond donors (Lipinski definition) is 5. The third-order valence-electron chi connectivity index (χ3n) is 13.2. The summed E-state index contributed by atoms with van der Waals surface area (Å²) in [5.74, 6) is 1.27. The molecule has 1 saturated heterocycles. The zero-order chi connectivity index (χ0) is 29.9. The smallest absolute Gasteiger partial charge is 0.196 e. The van der Waals surface area contributed by atoms with Crippen LogP contribution < -0.4 is 0 Å². The summed E-state index contributed by atoms with van der Waals surface area (Å²) in [4.78, 5) is 0. The fourth-order valence-electron chi connectivity index (χ4n) is 10.7. The molecule has 0 spiro atoms. The van der Waals surface area contributed by atoms with E-state index in [1.165, 1.54) is 25.7 Å². The monoisotopic (exact) mass is 576 g/mol. The van der Waals surface area contributed by atoms with Gasteiger partial charge in [0.15, 0.2) is 5.79 Å². The lowest BCUT2D eigenvalue weighted by Gasteiger charge is -2.61. The zero-order valence-corrected chi connectivity index (χ0v) is 26.1. The van der Waals surface area contributed by atoms with E-state index in [9.17, 15) is 25.5 Å². The Kier molecular flexibility index (Phi) is 8.98. The Labute approximate surface area is 247 Å². The normalized spacial score (nSPS) is 48.9. The lowest BCUT2D eigenvalue weighted by atomic mass is 9.44. The molecule has 7 heteroatoms. The highest BCUT2D eigenvalue weighted by Crippen LogP contribution is 2.70. The molecule has 5 fully saturated rings. The number of aliphatic hydroxyl groups is 5. The number of aliphatic hydroxyl groups excluding tert-OH is 4. The second kappa shape index (κ2) is 11.6. The molecular weight excluding hydrogens is 520 g/mol. The standard InChI is InChI=1S/C34H56O7/c1-7-8-13-34(39)20(3)28-27(41-34)17-26-24-10-9-22-16-23(11-14-32(22,5)25(24)12-15-33(26,28)6)40-21(4)30(37)31(38)29(36)19(2)18-35/h7,13,19-31,35-39H,9-12,14-18H2,1-6H3. The fourth-order valence-corrected chi connectivity index (χ4v) is 10.7. The van der Waals surface area contributed by atoms with Crippen molar-refractivity contribution in [1.29, 1.82) is 0 Å². The molecule has 16 unspecified atom stereocenters. The van der Waals surface area contributed by atoms with Crippen molar-refractivity contribution in [3.63, 3.8) is 0 Å². The van der Waals surface area contributed by atoms with Crippen molar-refractivity contribution < 1.29 is 35.0 Å². The van der Waals surface area contributed by atoms with Gasteiger partial charge in [-0.15, -0.1) is 5.73 Å². The van der Waals surface area contributed by atoms with Crippen LogP contribution in [0.15, 0.2) is 17.9 Å². The molecule has 0 amide bonds. The molecule has 41 heavy (non-hydrogen) atoms. The van der Waals surface area contributed by atoms with Crippen LogP contribution in [0.3, 0.4) is 0 Å². The summed E-state index contributed by atoms with van der Waals surface area (Å²) in [6.45, 7) is 12.3. The van der Waals surface area contributed by atoms with Gasteiger partial charge in [0.25, 0.3) is 0 Å². The van der Waals surface area contributed by atoms with Crippen molar-refractivity contribution in [3.05, 3.63) is 17.9 Å². The Morgan fingerprint density at radius 3 is 2.34 bits per heavy atom. The first kappa shape index (κ1) is 31.7. The van der Waals surface area contributed by atoms with E-state index in [0.29, 0.717) is 29.6 Å². The van der Waals surface area contributed by atoms with Crippen LogP contribution in [0.2, 0.25) is 0 Å². The molecule has 4 saturated carbocycles. The van der Waals surface area contributed by atoms with E-state index in [2.05, 4.69) is 26.5 Å². The molecule has 7 nitrogen and oxygen atoms in total. The number of hydrogen-bond acceptors (Lipinski definition) is 7. The van der Waals surface area contributed by atoms with E-state index in [4.69, 9.17) is 9.47 Å². The average molecular weight is 577 g/mol. The van der Waals surface area contributed by atoms with E-state index in [1.807, 2.05) is 13.0 Å². The zero-order valence-electron chi connectivity index (χ0n) is 26.1. The Bertz CT molecular complexity index is 996. The van der Waals surface area contributed by atoms with Gasteiger partial charge in [-0.1, -0.05) is 27.7 Å². The summed E-state index contributed by atoms with van der Waals surface area (Å²) in [5.41, 5.74) is 3.54. The average Bonchev–Trinajstić information content (AvgIpc) is 3.39. The predicted octanol–water partition coefficient (Wildman–Crippen LogP) is 4.19. The SMILES string of the molecule is CC=C=CC1(O)OC2CC3C4CCC5CC(OC(C)C(O)C(O)C(O)C(C)CO)CCC5(C)C4CCC3(C)C2C1C.